The highest BCUT2D eigenvalue weighted by Crippen LogP contribution is 2.21. The molecule has 20 heavy (non-hydrogen) atoms. The molecule has 2 heterocycles. The molecule has 1 aromatic rings. The monoisotopic (exact) mass is 318 g/mol. The number of carbonyl (C=O) groups excluding carboxylic acids is 2. The minimum absolute atomic E-state index is 0.113. The fraction of sp³-hybridized carbons (Fsp3) is 0.417. The fourth-order valence-electron chi connectivity index (χ4n) is 1.86. The zero-order valence-corrected chi connectivity index (χ0v) is 12.1. The van der Waals surface area contributed by atoms with Gasteiger partial charge >= 0.3 is 5.97 Å². The Bertz CT molecular complexity index is 538. The lowest BCUT2D eigenvalue weighted by atomic mass is 10.2. The molecule has 1 unspecified atom stereocenters. The normalized spacial score (nSPS) is 18.8. The van der Waals surface area contributed by atoms with E-state index in [1.807, 2.05) is 0 Å². The van der Waals surface area contributed by atoms with Gasteiger partial charge < -0.3 is 14.4 Å². The summed E-state index contributed by atoms with van der Waals surface area (Å²) >= 11 is 11.7. The van der Waals surface area contributed by atoms with Gasteiger partial charge in [0.05, 0.1) is 30.8 Å². The molecule has 0 radical (unpaired) electrons. The molecule has 6 nitrogen and oxygen atoms in total. The predicted octanol–water partition coefficient (Wildman–Crippen LogP) is 1.40. The Hall–Kier alpha value is -1.37. The van der Waals surface area contributed by atoms with Crippen molar-refractivity contribution in [2.75, 3.05) is 26.8 Å². The molecule has 1 fully saturated rings. The first-order chi connectivity index (χ1) is 9.52. The lowest BCUT2D eigenvalue weighted by molar-refractivity contribution is -0.158. The highest BCUT2D eigenvalue weighted by atomic mass is 35.5. The highest BCUT2D eigenvalue weighted by Gasteiger charge is 2.31. The van der Waals surface area contributed by atoms with E-state index < -0.39 is 12.1 Å². The third-order valence-electron chi connectivity index (χ3n) is 2.87. The third kappa shape index (κ3) is 3.20. The van der Waals surface area contributed by atoms with Crippen LogP contribution in [0.4, 0.5) is 0 Å². The molecule has 0 bridgehead atoms. The van der Waals surface area contributed by atoms with Crippen LogP contribution in [0, 0.1) is 0 Å². The molecule has 1 saturated heterocycles. The quantitative estimate of drug-likeness (QED) is 0.609. The number of halogens is 2. The second-order valence-electron chi connectivity index (χ2n) is 4.12. The molecule has 108 valence electrons. The zero-order chi connectivity index (χ0) is 14.7. The second-order valence-corrected chi connectivity index (χ2v) is 4.92. The molecule has 8 heteroatoms. The fourth-order valence-corrected chi connectivity index (χ4v) is 2.20. The van der Waals surface area contributed by atoms with Crippen molar-refractivity contribution in [2.45, 2.75) is 6.10 Å². The SMILES string of the molecule is COC(=O)C1CN(C(=O)c2cc(Cl)ncc2Cl)CCO1. The van der Waals surface area contributed by atoms with Gasteiger partial charge in [0.1, 0.15) is 5.15 Å². The van der Waals surface area contributed by atoms with Gasteiger partial charge in [-0.05, 0) is 6.07 Å². The van der Waals surface area contributed by atoms with Gasteiger partial charge in [-0.15, -0.1) is 0 Å². The van der Waals surface area contributed by atoms with Gasteiger partial charge in [0.25, 0.3) is 5.91 Å². The summed E-state index contributed by atoms with van der Waals surface area (Å²) in [5.41, 5.74) is 0.247. The average molecular weight is 319 g/mol. The van der Waals surface area contributed by atoms with Crippen molar-refractivity contribution in [2.24, 2.45) is 0 Å². The van der Waals surface area contributed by atoms with Crippen molar-refractivity contribution >= 4 is 35.1 Å². The average Bonchev–Trinajstić information content (AvgIpc) is 2.48. The van der Waals surface area contributed by atoms with E-state index in [1.165, 1.54) is 24.3 Å². The highest BCUT2D eigenvalue weighted by molar-refractivity contribution is 6.35. The largest absolute Gasteiger partial charge is 0.467 e. The summed E-state index contributed by atoms with van der Waals surface area (Å²) in [4.78, 5) is 29.1. The first-order valence-electron chi connectivity index (χ1n) is 5.82. The lowest BCUT2D eigenvalue weighted by Crippen LogP contribution is -2.49. The van der Waals surface area contributed by atoms with Crippen LogP contribution in [0.15, 0.2) is 12.3 Å². The van der Waals surface area contributed by atoms with Crippen LogP contribution >= 0.6 is 23.2 Å². The number of rotatable bonds is 2. The smallest absolute Gasteiger partial charge is 0.336 e. The van der Waals surface area contributed by atoms with Crippen molar-refractivity contribution in [3.8, 4) is 0 Å². The van der Waals surface area contributed by atoms with Crippen LogP contribution < -0.4 is 0 Å². The summed E-state index contributed by atoms with van der Waals surface area (Å²) in [6.07, 6.45) is 0.531. The lowest BCUT2D eigenvalue weighted by Gasteiger charge is -2.31. The molecule has 0 aromatic carbocycles. The number of methoxy groups -OCH3 is 1. The standard InChI is InChI=1S/C12H12Cl2N2O4/c1-19-12(18)9-6-16(2-3-20-9)11(17)7-4-10(14)15-5-8(7)13/h4-5,9H,2-3,6H2,1H3. The van der Waals surface area contributed by atoms with E-state index in [1.54, 1.807) is 0 Å². The summed E-state index contributed by atoms with van der Waals surface area (Å²) in [7, 11) is 1.27. The van der Waals surface area contributed by atoms with Crippen LogP contribution in [0.2, 0.25) is 10.2 Å². The molecular weight excluding hydrogens is 307 g/mol. The van der Waals surface area contributed by atoms with E-state index in [0.29, 0.717) is 6.54 Å². The number of hydrogen-bond donors (Lipinski definition) is 0. The summed E-state index contributed by atoms with van der Waals surface area (Å²) in [6, 6.07) is 1.40. The molecule has 0 N–H and O–H groups in total. The first-order valence-corrected chi connectivity index (χ1v) is 6.58. The molecular formula is C12H12Cl2N2O4. The Balaban J connectivity index is 2.16. The molecule has 0 spiro atoms. The Morgan fingerprint density at radius 3 is 2.95 bits per heavy atom. The van der Waals surface area contributed by atoms with Crippen molar-refractivity contribution in [1.82, 2.24) is 9.88 Å². The number of carbonyl (C=O) groups is 2. The van der Waals surface area contributed by atoms with Crippen LogP contribution in [-0.4, -0.2) is 54.7 Å². The van der Waals surface area contributed by atoms with Crippen LogP contribution in [0.25, 0.3) is 0 Å². The number of aromatic nitrogens is 1. The van der Waals surface area contributed by atoms with Crippen molar-refractivity contribution in [3.05, 3.63) is 28.0 Å². The van der Waals surface area contributed by atoms with Crippen LogP contribution in [-0.2, 0) is 14.3 Å². The van der Waals surface area contributed by atoms with E-state index in [-0.39, 0.29) is 34.8 Å². The molecule has 1 atom stereocenters. The molecule has 1 amide bonds. The summed E-state index contributed by atoms with van der Waals surface area (Å²) in [5, 5.41) is 0.385. The van der Waals surface area contributed by atoms with E-state index in [0.717, 1.165) is 0 Å². The Labute approximate surface area is 125 Å². The maximum absolute atomic E-state index is 12.4. The summed E-state index contributed by atoms with van der Waals surface area (Å²) in [5.74, 6) is -0.835. The van der Waals surface area contributed by atoms with Crippen molar-refractivity contribution < 1.29 is 19.1 Å². The molecule has 1 aliphatic heterocycles. The first kappa shape index (κ1) is 15.0. The Morgan fingerprint density at radius 1 is 1.50 bits per heavy atom. The van der Waals surface area contributed by atoms with E-state index in [9.17, 15) is 9.59 Å². The number of amides is 1. The summed E-state index contributed by atoms with van der Waals surface area (Å²) < 4.78 is 9.87. The van der Waals surface area contributed by atoms with Gasteiger partial charge in [-0.2, -0.15) is 0 Å². The number of nitrogens with zero attached hydrogens (tertiary/aromatic N) is 2. The molecule has 2 rings (SSSR count). The maximum atomic E-state index is 12.4. The van der Waals surface area contributed by atoms with Gasteiger partial charge in [-0.3, -0.25) is 4.79 Å². The topological polar surface area (TPSA) is 68.7 Å². The molecule has 0 saturated carbocycles. The Morgan fingerprint density at radius 2 is 2.25 bits per heavy atom. The van der Waals surface area contributed by atoms with E-state index in [2.05, 4.69) is 9.72 Å². The molecule has 1 aromatic heterocycles. The number of pyridine rings is 1. The van der Waals surface area contributed by atoms with E-state index >= 15 is 0 Å². The van der Waals surface area contributed by atoms with Gasteiger partial charge in [0.2, 0.25) is 0 Å². The number of hydrogen-bond acceptors (Lipinski definition) is 5. The van der Waals surface area contributed by atoms with E-state index in [4.69, 9.17) is 27.9 Å². The van der Waals surface area contributed by atoms with Gasteiger partial charge in [-0.25, -0.2) is 9.78 Å². The third-order valence-corrected chi connectivity index (χ3v) is 3.38. The van der Waals surface area contributed by atoms with Crippen LogP contribution in [0.3, 0.4) is 0 Å². The predicted molar refractivity (Wildman–Crippen MR) is 71.9 cm³/mol. The Kier molecular flexibility index (Phi) is 4.80. The number of ether oxygens (including phenoxy) is 2. The van der Waals surface area contributed by atoms with Crippen molar-refractivity contribution in [3.63, 3.8) is 0 Å². The zero-order valence-electron chi connectivity index (χ0n) is 10.6. The molecule has 0 aliphatic carbocycles. The maximum Gasteiger partial charge on any atom is 0.336 e. The summed E-state index contributed by atoms with van der Waals surface area (Å²) in [6.45, 7) is 0.728. The number of morpholine rings is 1. The van der Waals surface area contributed by atoms with Gasteiger partial charge in [0.15, 0.2) is 6.10 Å². The minimum atomic E-state index is -0.784. The van der Waals surface area contributed by atoms with Crippen LogP contribution in [0.1, 0.15) is 10.4 Å². The van der Waals surface area contributed by atoms with Crippen LogP contribution in [0.5, 0.6) is 0 Å². The molecule has 1 aliphatic rings. The van der Waals surface area contributed by atoms with Gasteiger partial charge in [-0.1, -0.05) is 23.2 Å². The van der Waals surface area contributed by atoms with Crippen molar-refractivity contribution in [1.29, 1.82) is 0 Å². The second kappa shape index (κ2) is 6.39. The minimum Gasteiger partial charge on any atom is -0.467 e. The number of esters is 1. The van der Waals surface area contributed by atoms with Gasteiger partial charge in [0, 0.05) is 12.7 Å².